The molecule has 7 heteroatoms. The molecule has 2 unspecified atom stereocenters. The Morgan fingerprint density at radius 3 is 2.60 bits per heavy atom. The van der Waals surface area contributed by atoms with Crippen LogP contribution in [0.25, 0.3) is 0 Å². The van der Waals surface area contributed by atoms with Gasteiger partial charge in [-0.2, -0.15) is 0 Å². The second kappa shape index (κ2) is 9.69. The Morgan fingerprint density at radius 1 is 1.20 bits per heavy atom. The van der Waals surface area contributed by atoms with Crippen LogP contribution in [0, 0.1) is 5.92 Å². The fourth-order valence-electron chi connectivity index (χ4n) is 4.52. The van der Waals surface area contributed by atoms with Crippen molar-refractivity contribution in [2.24, 2.45) is 10.9 Å². The number of sulfone groups is 1. The normalized spacial score (nSPS) is 23.9. The summed E-state index contributed by atoms with van der Waals surface area (Å²) in [5.74, 6) is 1.48. The number of benzene rings is 1. The number of rotatable bonds is 6. The quantitative estimate of drug-likeness (QED) is 0.551. The first-order valence-electron chi connectivity index (χ1n) is 11.2. The van der Waals surface area contributed by atoms with Gasteiger partial charge >= 0.3 is 0 Å². The first kappa shape index (κ1) is 23.1. The highest BCUT2D eigenvalue weighted by Crippen LogP contribution is 2.31. The molecule has 2 fully saturated rings. The highest BCUT2D eigenvalue weighted by atomic mass is 32.2. The van der Waals surface area contributed by atoms with Crippen molar-refractivity contribution in [3.63, 3.8) is 0 Å². The van der Waals surface area contributed by atoms with Crippen LogP contribution in [0.5, 0.6) is 0 Å². The van der Waals surface area contributed by atoms with Crippen molar-refractivity contribution in [3.8, 4) is 0 Å². The minimum atomic E-state index is -3.16. The molecule has 30 heavy (non-hydrogen) atoms. The molecule has 2 aliphatic heterocycles. The molecule has 3 rings (SSSR count). The van der Waals surface area contributed by atoms with Gasteiger partial charge in [-0.3, -0.25) is 9.89 Å². The van der Waals surface area contributed by atoms with Gasteiger partial charge in [0.25, 0.3) is 0 Å². The Bertz CT molecular complexity index is 823. The van der Waals surface area contributed by atoms with Crippen LogP contribution in [0.2, 0.25) is 0 Å². The molecule has 2 atom stereocenters. The summed E-state index contributed by atoms with van der Waals surface area (Å²) < 4.78 is 23.3. The van der Waals surface area contributed by atoms with Crippen molar-refractivity contribution in [2.45, 2.75) is 57.4 Å². The van der Waals surface area contributed by atoms with Gasteiger partial charge in [0.15, 0.2) is 15.8 Å². The zero-order valence-corrected chi connectivity index (χ0v) is 19.8. The standard InChI is InChI=1S/C23H38N4O2S/c1-5-24-22(25-18-23(2,3)30(4,28)29)27-15-13-21-20(17-27)12-9-14-26(21)16-19-10-7-6-8-11-19/h6-8,10-11,20-21H,5,9,12-18H2,1-4H3,(H,24,25). The lowest BCUT2D eigenvalue weighted by atomic mass is 9.83. The number of nitrogens with zero attached hydrogens (tertiary/aromatic N) is 3. The van der Waals surface area contributed by atoms with Crippen molar-refractivity contribution >= 4 is 15.8 Å². The van der Waals surface area contributed by atoms with E-state index in [9.17, 15) is 8.42 Å². The molecular formula is C23H38N4O2S. The van der Waals surface area contributed by atoms with E-state index in [-0.39, 0.29) is 6.54 Å². The molecule has 0 amide bonds. The van der Waals surface area contributed by atoms with Gasteiger partial charge in [-0.15, -0.1) is 0 Å². The molecule has 6 nitrogen and oxygen atoms in total. The lowest BCUT2D eigenvalue weighted by Crippen LogP contribution is -2.56. The summed E-state index contributed by atoms with van der Waals surface area (Å²) >= 11 is 0. The molecule has 0 spiro atoms. The Morgan fingerprint density at radius 2 is 1.93 bits per heavy atom. The number of hydrogen-bond acceptors (Lipinski definition) is 4. The fraction of sp³-hybridized carbons (Fsp3) is 0.696. The number of nitrogens with one attached hydrogen (secondary N) is 1. The first-order chi connectivity index (χ1) is 14.2. The van der Waals surface area contributed by atoms with Gasteiger partial charge in [0.1, 0.15) is 0 Å². The van der Waals surface area contributed by atoms with E-state index in [0.29, 0.717) is 12.0 Å². The third-order valence-corrected chi connectivity index (χ3v) is 8.80. The second-order valence-electron chi connectivity index (χ2n) is 9.36. The summed E-state index contributed by atoms with van der Waals surface area (Å²) in [6.07, 6.45) is 4.90. The number of piperidine rings is 2. The maximum Gasteiger partial charge on any atom is 0.193 e. The molecular weight excluding hydrogens is 396 g/mol. The van der Waals surface area contributed by atoms with Crippen LogP contribution in [0.3, 0.4) is 0 Å². The molecule has 0 radical (unpaired) electrons. The Balaban J connectivity index is 1.68. The van der Waals surface area contributed by atoms with Crippen molar-refractivity contribution in [1.29, 1.82) is 0 Å². The molecule has 2 saturated heterocycles. The largest absolute Gasteiger partial charge is 0.357 e. The lowest BCUT2D eigenvalue weighted by Gasteiger charge is -2.48. The smallest absolute Gasteiger partial charge is 0.193 e. The van der Waals surface area contributed by atoms with Gasteiger partial charge in [-0.25, -0.2) is 8.42 Å². The highest BCUT2D eigenvalue weighted by molar-refractivity contribution is 7.92. The average Bonchev–Trinajstić information content (AvgIpc) is 2.71. The summed E-state index contributed by atoms with van der Waals surface area (Å²) in [5, 5.41) is 3.39. The summed E-state index contributed by atoms with van der Waals surface area (Å²) in [5.41, 5.74) is 1.39. The van der Waals surface area contributed by atoms with Crippen molar-refractivity contribution < 1.29 is 8.42 Å². The van der Waals surface area contributed by atoms with Crippen LogP contribution in [0.15, 0.2) is 35.3 Å². The van der Waals surface area contributed by atoms with Crippen molar-refractivity contribution in [3.05, 3.63) is 35.9 Å². The highest BCUT2D eigenvalue weighted by Gasteiger charge is 2.37. The number of guanidine groups is 1. The van der Waals surface area contributed by atoms with Crippen LogP contribution in [-0.4, -0.2) is 73.9 Å². The summed E-state index contributed by atoms with van der Waals surface area (Å²) in [4.78, 5) is 9.75. The zero-order valence-electron chi connectivity index (χ0n) is 19.0. The minimum Gasteiger partial charge on any atom is -0.357 e. The molecule has 1 aromatic carbocycles. The summed E-state index contributed by atoms with van der Waals surface area (Å²) in [7, 11) is -3.16. The summed E-state index contributed by atoms with van der Waals surface area (Å²) in [6.45, 7) is 10.8. The molecule has 168 valence electrons. The molecule has 0 saturated carbocycles. The number of likely N-dealkylation sites (tertiary alicyclic amines) is 2. The molecule has 1 N–H and O–H groups in total. The van der Waals surface area contributed by atoms with Crippen LogP contribution in [-0.2, 0) is 16.4 Å². The number of hydrogen-bond donors (Lipinski definition) is 1. The van der Waals surface area contributed by atoms with Crippen LogP contribution < -0.4 is 5.32 Å². The van der Waals surface area contributed by atoms with E-state index < -0.39 is 14.6 Å². The Labute approximate surface area is 182 Å². The van der Waals surface area contributed by atoms with E-state index >= 15 is 0 Å². The maximum absolute atomic E-state index is 12.1. The molecule has 2 aliphatic rings. The van der Waals surface area contributed by atoms with Crippen molar-refractivity contribution in [2.75, 3.05) is 39.0 Å². The van der Waals surface area contributed by atoms with Crippen LogP contribution >= 0.6 is 0 Å². The predicted molar refractivity (Wildman–Crippen MR) is 124 cm³/mol. The van der Waals surface area contributed by atoms with Gasteiger partial charge in [0.2, 0.25) is 0 Å². The lowest BCUT2D eigenvalue weighted by molar-refractivity contribution is 0.0372. The van der Waals surface area contributed by atoms with Crippen molar-refractivity contribution in [1.82, 2.24) is 15.1 Å². The average molecular weight is 435 g/mol. The van der Waals surface area contributed by atoms with Gasteiger partial charge in [-0.05, 0) is 58.1 Å². The van der Waals surface area contributed by atoms with E-state index in [1.165, 1.54) is 31.2 Å². The molecule has 1 aromatic rings. The second-order valence-corrected chi connectivity index (χ2v) is 12.0. The van der Waals surface area contributed by atoms with Gasteiger partial charge in [0.05, 0.1) is 11.3 Å². The fourth-order valence-corrected chi connectivity index (χ4v) is 4.82. The minimum absolute atomic E-state index is 0.277. The van der Waals surface area contributed by atoms with E-state index in [4.69, 9.17) is 4.99 Å². The number of aliphatic imine (C=N–C) groups is 1. The van der Waals surface area contributed by atoms with Gasteiger partial charge in [0, 0.05) is 38.5 Å². The van der Waals surface area contributed by atoms with E-state index in [2.05, 4.69) is 52.4 Å². The summed E-state index contributed by atoms with van der Waals surface area (Å²) in [6, 6.07) is 11.4. The molecule has 0 aromatic heterocycles. The van der Waals surface area contributed by atoms with E-state index in [1.807, 2.05) is 0 Å². The number of fused-ring (bicyclic) bond motifs is 1. The Kier molecular flexibility index (Phi) is 7.45. The first-order valence-corrected chi connectivity index (χ1v) is 13.1. The SMILES string of the molecule is CCNC(=NCC(C)(C)S(C)(=O)=O)N1CCC2C(CCCN2Cc2ccccc2)C1. The third-order valence-electron chi connectivity index (χ3n) is 6.66. The predicted octanol–water partition coefficient (Wildman–Crippen LogP) is 2.76. The topological polar surface area (TPSA) is 65.0 Å². The van der Waals surface area contributed by atoms with E-state index in [0.717, 1.165) is 38.6 Å². The molecule has 2 heterocycles. The molecule has 0 bridgehead atoms. The van der Waals surface area contributed by atoms with Gasteiger partial charge < -0.3 is 10.2 Å². The monoisotopic (exact) mass is 434 g/mol. The van der Waals surface area contributed by atoms with Crippen LogP contribution in [0.4, 0.5) is 0 Å². The Hall–Kier alpha value is -1.60. The maximum atomic E-state index is 12.1. The zero-order chi connectivity index (χ0) is 21.8. The van der Waals surface area contributed by atoms with Gasteiger partial charge in [-0.1, -0.05) is 30.3 Å². The third kappa shape index (κ3) is 5.55. The van der Waals surface area contributed by atoms with Crippen LogP contribution in [0.1, 0.15) is 45.6 Å². The molecule has 0 aliphatic carbocycles. The van der Waals surface area contributed by atoms with E-state index in [1.54, 1.807) is 13.8 Å².